The zero-order chi connectivity index (χ0) is 10.7. The van der Waals surface area contributed by atoms with Crippen LogP contribution in [-0.4, -0.2) is 10.2 Å². The molecule has 1 heterocycles. The van der Waals surface area contributed by atoms with Crippen LogP contribution in [0.3, 0.4) is 0 Å². The molecule has 0 saturated heterocycles. The smallest absolute Gasteiger partial charge is 0.142 e. The van der Waals surface area contributed by atoms with E-state index >= 15 is 0 Å². The number of nitrogens with one attached hydrogen (secondary N) is 2. The van der Waals surface area contributed by atoms with Crippen molar-refractivity contribution >= 4 is 11.5 Å². The van der Waals surface area contributed by atoms with Crippen molar-refractivity contribution in [2.45, 2.75) is 6.54 Å². The summed E-state index contributed by atoms with van der Waals surface area (Å²) in [6.07, 6.45) is 1.59. The fraction of sp³-hybridized carbons (Fsp3) is 0.100. The van der Waals surface area contributed by atoms with Crippen LogP contribution in [0.5, 0.6) is 0 Å². The Balaban J connectivity index is 2.02. The van der Waals surface area contributed by atoms with Crippen LogP contribution in [-0.2, 0) is 6.54 Å². The third kappa shape index (κ3) is 2.25. The van der Waals surface area contributed by atoms with E-state index in [4.69, 9.17) is 5.73 Å². The third-order valence-corrected chi connectivity index (χ3v) is 2.04. The minimum Gasteiger partial charge on any atom is -0.382 e. The molecule has 0 saturated carbocycles. The summed E-state index contributed by atoms with van der Waals surface area (Å²) in [7, 11) is 0. The highest BCUT2D eigenvalue weighted by Gasteiger charge is 2.00. The number of rotatable bonds is 3. The molecule has 5 heteroatoms. The summed E-state index contributed by atoms with van der Waals surface area (Å²) in [5.74, 6) is 0.237. The third-order valence-electron chi connectivity index (χ3n) is 2.04. The first-order valence-electron chi connectivity index (χ1n) is 4.53. The first kappa shape index (κ1) is 9.51. The van der Waals surface area contributed by atoms with Crippen LogP contribution < -0.4 is 11.1 Å². The fourth-order valence-corrected chi connectivity index (χ4v) is 1.28. The molecule has 0 aliphatic rings. The van der Waals surface area contributed by atoms with Gasteiger partial charge in [0.25, 0.3) is 0 Å². The number of halogens is 1. The molecular formula is C10H11FN4. The quantitative estimate of drug-likeness (QED) is 0.716. The standard InChI is InChI=1S/C10H11FN4/c11-8-3-1-2-7(4-8)5-13-9-6-14-15-10(9)12/h1-4,6,13H,5H2,(H3,12,14,15). The van der Waals surface area contributed by atoms with Gasteiger partial charge in [0, 0.05) is 6.54 Å². The molecule has 0 aliphatic carbocycles. The SMILES string of the molecule is Nc1[nH]ncc1NCc1cccc(F)c1. The van der Waals surface area contributed by atoms with Gasteiger partial charge in [0.15, 0.2) is 0 Å². The number of hydrogen-bond acceptors (Lipinski definition) is 3. The van der Waals surface area contributed by atoms with Gasteiger partial charge in [-0.25, -0.2) is 4.39 Å². The van der Waals surface area contributed by atoms with Crippen molar-refractivity contribution < 1.29 is 4.39 Å². The Bertz CT molecular complexity index is 452. The van der Waals surface area contributed by atoms with Crippen LogP contribution in [0.4, 0.5) is 15.9 Å². The van der Waals surface area contributed by atoms with E-state index in [2.05, 4.69) is 15.5 Å². The predicted molar refractivity (Wildman–Crippen MR) is 56.7 cm³/mol. The van der Waals surface area contributed by atoms with Crippen LogP contribution in [0, 0.1) is 5.82 Å². The Morgan fingerprint density at radius 3 is 3.00 bits per heavy atom. The maximum atomic E-state index is 12.8. The van der Waals surface area contributed by atoms with E-state index in [0.717, 1.165) is 11.3 Å². The maximum absolute atomic E-state index is 12.8. The molecule has 0 spiro atoms. The number of H-pyrrole nitrogens is 1. The van der Waals surface area contributed by atoms with Gasteiger partial charge in [0.1, 0.15) is 11.6 Å². The predicted octanol–water partition coefficient (Wildman–Crippen LogP) is 1.74. The van der Waals surface area contributed by atoms with Gasteiger partial charge in [-0.2, -0.15) is 5.10 Å². The summed E-state index contributed by atoms with van der Waals surface area (Å²) < 4.78 is 12.8. The normalized spacial score (nSPS) is 10.2. The molecule has 4 nitrogen and oxygen atoms in total. The van der Waals surface area contributed by atoms with Crippen LogP contribution >= 0.6 is 0 Å². The van der Waals surface area contributed by atoms with Gasteiger partial charge >= 0.3 is 0 Å². The lowest BCUT2D eigenvalue weighted by molar-refractivity contribution is 0.626. The first-order chi connectivity index (χ1) is 7.25. The van der Waals surface area contributed by atoms with Crippen LogP contribution in [0.15, 0.2) is 30.5 Å². The van der Waals surface area contributed by atoms with E-state index in [9.17, 15) is 4.39 Å². The van der Waals surface area contributed by atoms with Gasteiger partial charge in [-0.15, -0.1) is 0 Å². The summed E-state index contributed by atoms with van der Waals surface area (Å²) in [5, 5.41) is 9.42. The van der Waals surface area contributed by atoms with Crippen LogP contribution in [0.2, 0.25) is 0 Å². The molecule has 0 radical (unpaired) electrons. The molecule has 0 unspecified atom stereocenters. The van der Waals surface area contributed by atoms with Crippen molar-refractivity contribution in [2.24, 2.45) is 0 Å². The Kier molecular flexibility index (Phi) is 2.53. The molecule has 1 aromatic carbocycles. The van der Waals surface area contributed by atoms with Crippen molar-refractivity contribution in [1.82, 2.24) is 10.2 Å². The summed E-state index contributed by atoms with van der Waals surface area (Å²) >= 11 is 0. The zero-order valence-corrected chi connectivity index (χ0v) is 8.00. The van der Waals surface area contributed by atoms with E-state index < -0.39 is 0 Å². The number of nitrogens with zero attached hydrogens (tertiary/aromatic N) is 1. The number of aromatic nitrogens is 2. The second-order valence-corrected chi connectivity index (χ2v) is 3.18. The van der Waals surface area contributed by atoms with Crippen molar-refractivity contribution in [1.29, 1.82) is 0 Å². The van der Waals surface area contributed by atoms with E-state index in [-0.39, 0.29) is 5.82 Å². The largest absolute Gasteiger partial charge is 0.382 e. The number of nitrogens with two attached hydrogens (primary N) is 1. The summed E-state index contributed by atoms with van der Waals surface area (Å²) in [5.41, 5.74) is 7.16. The lowest BCUT2D eigenvalue weighted by atomic mass is 10.2. The highest BCUT2D eigenvalue weighted by Crippen LogP contribution is 2.14. The monoisotopic (exact) mass is 206 g/mol. The lowest BCUT2D eigenvalue weighted by Gasteiger charge is -2.04. The maximum Gasteiger partial charge on any atom is 0.142 e. The molecule has 0 fully saturated rings. The zero-order valence-electron chi connectivity index (χ0n) is 8.00. The molecule has 78 valence electrons. The van der Waals surface area contributed by atoms with Gasteiger partial charge in [0.2, 0.25) is 0 Å². The number of aromatic amines is 1. The molecule has 0 bridgehead atoms. The average Bonchev–Trinajstić information content (AvgIpc) is 2.61. The molecule has 4 N–H and O–H groups in total. The Morgan fingerprint density at radius 1 is 1.47 bits per heavy atom. The van der Waals surface area contributed by atoms with E-state index in [0.29, 0.717) is 12.4 Å². The van der Waals surface area contributed by atoms with Gasteiger partial charge in [-0.3, -0.25) is 5.10 Å². The number of anilines is 2. The Morgan fingerprint density at radius 2 is 2.33 bits per heavy atom. The lowest BCUT2D eigenvalue weighted by Crippen LogP contribution is -2.01. The van der Waals surface area contributed by atoms with Gasteiger partial charge in [0.05, 0.1) is 11.9 Å². The summed E-state index contributed by atoms with van der Waals surface area (Å²) in [6, 6.07) is 6.40. The first-order valence-corrected chi connectivity index (χ1v) is 4.53. The molecule has 15 heavy (non-hydrogen) atoms. The van der Waals surface area contributed by atoms with E-state index in [1.54, 1.807) is 12.3 Å². The molecule has 2 rings (SSSR count). The Hall–Kier alpha value is -2.04. The van der Waals surface area contributed by atoms with Crippen molar-refractivity contribution in [2.75, 3.05) is 11.1 Å². The topological polar surface area (TPSA) is 66.7 Å². The highest BCUT2D eigenvalue weighted by atomic mass is 19.1. The van der Waals surface area contributed by atoms with Gasteiger partial charge in [-0.1, -0.05) is 12.1 Å². The fourth-order valence-electron chi connectivity index (χ4n) is 1.28. The molecule has 0 atom stereocenters. The van der Waals surface area contributed by atoms with E-state index in [1.807, 2.05) is 6.07 Å². The second kappa shape index (κ2) is 4.00. The number of benzene rings is 1. The van der Waals surface area contributed by atoms with Crippen LogP contribution in [0.1, 0.15) is 5.56 Å². The summed E-state index contributed by atoms with van der Waals surface area (Å²) in [4.78, 5) is 0. The van der Waals surface area contributed by atoms with Crippen molar-refractivity contribution in [3.05, 3.63) is 41.8 Å². The molecule has 0 amide bonds. The Labute approximate surface area is 86.3 Å². The summed E-state index contributed by atoms with van der Waals surface area (Å²) in [6.45, 7) is 0.515. The highest BCUT2D eigenvalue weighted by molar-refractivity contribution is 5.60. The van der Waals surface area contributed by atoms with E-state index in [1.165, 1.54) is 12.1 Å². The minimum atomic E-state index is -0.241. The molecular weight excluding hydrogens is 195 g/mol. The van der Waals surface area contributed by atoms with Crippen LogP contribution in [0.25, 0.3) is 0 Å². The second-order valence-electron chi connectivity index (χ2n) is 3.18. The average molecular weight is 206 g/mol. The van der Waals surface area contributed by atoms with Gasteiger partial charge < -0.3 is 11.1 Å². The molecule has 1 aromatic heterocycles. The van der Waals surface area contributed by atoms with Crippen molar-refractivity contribution in [3.8, 4) is 0 Å². The molecule has 0 aliphatic heterocycles. The van der Waals surface area contributed by atoms with Crippen molar-refractivity contribution in [3.63, 3.8) is 0 Å². The number of nitrogen functional groups attached to an aromatic ring is 1. The minimum absolute atomic E-state index is 0.241. The molecule has 2 aromatic rings. The number of hydrogen-bond donors (Lipinski definition) is 3. The van der Waals surface area contributed by atoms with Gasteiger partial charge in [-0.05, 0) is 17.7 Å².